The molecule has 5 nitrogen and oxygen atoms in total. The maximum Gasteiger partial charge on any atom is 0.331 e. The predicted octanol–water partition coefficient (Wildman–Crippen LogP) is 4.95. The minimum atomic E-state index is -0.409. The quantitative estimate of drug-likeness (QED) is 0.292. The second-order valence-electron chi connectivity index (χ2n) is 9.37. The summed E-state index contributed by atoms with van der Waals surface area (Å²) in [5.41, 5.74) is 8.75. The Labute approximate surface area is 199 Å². The SMILES string of the molecule is C/C=C/[C@@H]1O[C@H](C(N)/C=C/C=C(\C)CC(C)/C=C(C)\C=C\[C@H]2CC=CC(=O)O2)C[C@@H](O)[C@@H]1C. The Hall–Kier alpha value is -2.21. The molecule has 182 valence electrons. The van der Waals surface area contributed by atoms with E-state index >= 15 is 0 Å². The van der Waals surface area contributed by atoms with Gasteiger partial charge in [0, 0.05) is 30.9 Å². The molecule has 0 aromatic rings. The first-order valence-electron chi connectivity index (χ1n) is 12.0. The van der Waals surface area contributed by atoms with Crippen molar-refractivity contribution < 1.29 is 19.4 Å². The van der Waals surface area contributed by atoms with Crippen molar-refractivity contribution in [3.63, 3.8) is 0 Å². The monoisotopic (exact) mass is 455 g/mol. The Balaban J connectivity index is 1.85. The van der Waals surface area contributed by atoms with Crippen LogP contribution in [0.1, 0.15) is 53.9 Å². The molecule has 0 radical (unpaired) electrons. The van der Waals surface area contributed by atoms with Gasteiger partial charge < -0.3 is 20.3 Å². The maximum absolute atomic E-state index is 11.3. The van der Waals surface area contributed by atoms with Crippen LogP contribution in [0.5, 0.6) is 0 Å². The van der Waals surface area contributed by atoms with E-state index in [-0.39, 0.29) is 36.2 Å². The number of rotatable bonds is 9. The zero-order valence-corrected chi connectivity index (χ0v) is 20.7. The van der Waals surface area contributed by atoms with Crippen molar-refractivity contribution in [2.75, 3.05) is 0 Å². The molecule has 0 aromatic carbocycles. The Kier molecular flexibility index (Phi) is 11.0. The zero-order valence-electron chi connectivity index (χ0n) is 20.7. The molecular formula is C28H41NO4. The smallest absolute Gasteiger partial charge is 0.331 e. The second kappa shape index (κ2) is 13.5. The number of esters is 1. The minimum Gasteiger partial charge on any atom is -0.455 e. The Bertz CT molecular complexity index is 820. The van der Waals surface area contributed by atoms with E-state index < -0.39 is 6.10 Å². The lowest BCUT2D eigenvalue weighted by atomic mass is 9.88. The Morgan fingerprint density at radius 2 is 2.09 bits per heavy atom. The van der Waals surface area contributed by atoms with Crippen LogP contribution >= 0.6 is 0 Å². The fourth-order valence-corrected chi connectivity index (χ4v) is 4.23. The lowest BCUT2D eigenvalue weighted by Crippen LogP contribution is -2.48. The standard InChI is InChI=1S/C28H41NO4/c1-6-9-26-22(5)25(30)18-27(33-26)24(29)12-7-10-19(2)16-21(4)17-20(3)14-15-23-11-8-13-28(31)32-23/h6-10,12-15,17,21-27,30H,11,16,18,29H2,1-5H3/b9-6+,12-7+,15-14+,19-10+,20-17-/t21?,22-,23+,24?,25+,26-,27-/m0/s1. The first-order chi connectivity index (χ1) is 15.7. The van der Waals surface area contributed by atoms with Gasteiger partial charge in [-0.25, -0.2) is 4.79 Å². The van der Waals surface area contributed by atoms with Gasteiger partial charge in [0.15, 0.2) is 0 Å². The van der Waals surface area contributed by atoms with E-state index in [2.05, 4.69) is 32.9 Å². The third-order valence-electron chi connectivity index (χ3n) is 6.11. The fraction of sp³-hybridized carbons (Fsp3) is 0.536. The Morgan fingerprint density at radius 3 is 2.79 bits per heavy atom. The number of aliphatic hydroxyl groups is 1. The summed E-state index contributed by atoms with van der Waals surface area (Å²) in [5.74, 6) is 0.164. The number of hydrogen-bond acceptors (Lipinski definition) is 5. The van der Waals surface area contributed by atoms with Crippen molar-refractivity contribution in [2.24, 2.45) is 17.6 Å². The molecule has 3 N–H and O–H groups in total. The van der Waals surface area contributed by atoms with Crippen LogP contribution in [0.2, 0.25) is 0 Å². The van der Waals surface area contributed by atoms with Gasteiger partial charge in [0.2, 0.25) is 0 Å². The van der Waals surface area contributed by atoms with Gasteiger partial charge in [0.25, 0.3) is 0 Å². The van der Waals surface area contributed by atoms with Gasteiger partial charge in [-0.3, -0.25) is 0 Å². The summed E-state index contributed by atoms with van der Waals surface area (Å²) in [4.78, 5) is 11.3. The summed E-state index contributed by atoms with van der Waals surface area (Å²) < 4.78 is 11.4. The van der Waals surface area contributed by atoms with Gasteiger partial charge in [-0.1, -0.05) is 73.6 Å². The molecule has 2 rings (SSSR count). The van der Waals surface area contributed by atoms with Gasteiger partial charge in [0.05, 0.1) is 18.3 Å². The van der Waals surface area contributed by atoms with Crippen LogP contribution in [0.3, 0.4) is 0 Å². The molecular weight excluding hydrogens is 414 g/mol. The molecule has 0 spiro atoms. The average Bonchev–Trinajstić information content (AvgIpc) is 2.75. The van der Waals surface area contributed by atoms with Gasteiger partial charge in [-0.15, -0.1) is 0 Å². The number of hydrogen-bond donors (Lipinski definition) is 2. The number of carbonyl (C=O) groups excluding carboxylic acids is 1. The molecule has 1 fully saturated rings. The highest BCUT2D eigenvalue weighted by Gasteiger charge is 2.35. The molecule has 2 unspecified atom stereocenters. The number of ether oxygens (including phenoxy) is 2. The van der Waals surface area contributed by atoms with Crippen LogP contribution in [0, 0.1) is 11.8 Å². The molecule has 0 saturated carbocycles. The molecule has 0 aliphatic carbocycles. The summed E-state index contributed by atoms with van der Waals surface area (Å²) in [7, 11) is 0. The van der Waals surface area contributed by atoms with Crippen molar-refractivity contribution >= 4 is 5.97 Å². The summed E-state index contributed by atoms with van der Waals surface area (Å²) in [6, 6.07) is -0.266. The molecule has 33 heavy (non-hydrogen) atoms. The van der Waals surface area contributed by atoms with E-state index in [1.807, 2.05) is 56.4 Å². The zero-order chi connectivity index (χ0) is 24.4. The largest absolute Gasteiger partial charge is 0.455 e. The van der Waals surface area contributed by atoms with Crippen molar-refractivity contribution in [3.8, 4) is 0 Å². The van der Waals surface area contributed by atoms with Crippen LogP contribution in [-0.4, -0.2) is 41.5 Å². The number of carbonyl (C=O) groups is 1. The predicted molar refractivity (Wildman–Crippen MR) is 134 cm³/mol. The molecule has 2 aliphatic rings. The normalized spacial score (nSPS) is 31.5. The molecule has 2 aliphatic heterocycles. The number of aliphatic hydroxyl groups excluding tert-OH is 1. The van der Waals surface area contributed by atoms with Gasteiger partial charge >= 0.3 is 5.97 Å². The molecule has 0 bridgehead atoms. The van der Waals surface area contributed by atoms with E-state index in [1.165, 1.54) is 11.6 Å². The number of allylic oxidation sites excluding steroid dienone is 7. The van der Waals surface area contributed by atoms with Crippen LogP contribution in [0.25, 0.3) is 0 Å². The van der Waals surface area contributed by atoms with E-state index in [9.17, 15) is 9.90 Å². The lowest BCUT2D eigenvalue weighted by Gasteiger charge is -2.38. The van der Waals surface area contributed by atoms with E-state index in [1.54, 1.807) is 0 Å². The summed E-state index contributed by atoms with van der Waals surface area (Å²) >= 11 is 0. The van der Waals surface area contributed by atoms with Gasteiger partial charge in [-0.2, -0.15) is 0 Å². The average molecular weight is 456 g/mol. The third kappa shape index (κ3) is 9.28. The summed E-state index contributed by atoms with van der Waals surface area (Å²) in [6.07, 6.45) is 20.8. The Morgan fingerprint density at radius 1 is 1.33 bits per heavy atom. The van der Waals surface area contributed by atoms with Crippen molar-refractivity contribution in [1.82, 2.24) is 0 Å². The van der Waals surface area contributed by atoms with Crippen molar-refractivity contribution in [1.29, 1.82) is 0 Å². The first-order valence-corrected chi connectivity index (χ1v) is 12.0. The van der Waals surface area contributed by atoms with Crippen molar-refractivity contribution in [3.05, 3.63) is 71.9 Å². The lowest BCUT2D eigenvalue weighted by molar-refractivity contribution is -0.141. The number of cyclic esters (lactones) is 1. The third-order valence-corrected chi connectivity index (χ3v) is 6.11. The van der Waals surface area contributed by atoms with E-state index in [0.29, 0.717) is 12.3 Å². The minimum absolute atomic E-state index is 0.0677. The highest BCUT2D eigenvalue weighted by molar-refractivity contribution is 5.82. The van der Waals surface area contributed by atoms with E-state index in [0.717, 1.165) is 18.4 Å². The molecule has 2 heterocycles. The van der Waals surface area contributed by atoms with Crippen molar-refractivity contribution in [2.45, 2.75) is 84.3 Å². The van der Waals surface area contributed by atoms with Crippen LogP contribution < -0.4 is 5.73 Å². The van der Waals surface area contributed by atoms with Crippen LogP contribution in [-0.2, 0) is 14.3 Å². The number of nitrogens with two attached hydrogens (primary N) is 1. The van der Waals surface area contributed by atoms with Crippen LogP contribution in [0.15, 0.2) is 71.9 Å². The summed E-state index contributed by atoms with van der Waals surface area (Å²) in [6.45, 7) is 10.3. The van der Waals surface area contributed by atoms with Gasteiger partial charge in [0.1, 0.15) is 6.10 Å². The second-order valence-corrected chi connectivity index (χ2v) is 9.37. The first kappa shape index (κ1) is 27.0. The van der Waals surface area contributed by atoms with E-state index in [4.69, 9.17) is 15.2 Å². The topological polar surface area (TPSA) is 81.8 Å². The maximum atomic E-state index is 11.3. The molecule has 5 heteroatoms. The summed E-state index contributed by atoms with van der Waals surface area (Å²) in [5, 5.41) is 10.4. The van der Waals surface area contributed by atoms with Crippen LogP contribution in [0.4, 0.5) is 0 Å². The highest BCUT2D eigenvalue weighted by atomic mass is 16.5. The molecule has 1 saturated heterocycles. The molecule has 0 aromatic heterocycles. The fourth-order valence-electron chi connectivity index (χ4n) is 4.23. The highest BCUT2D eigenvalue weighted by Crippen LogP contribution is 2.28. The molecule has 0 amide bonds. The van der Waals surface area contributed by atoms with Gasteiger partial charge in [-0.05, 0) is 39.2 Å². The molecule has 7 atom stereocenters.